The second-order valence-corrected chi connectivity index (χ2v) is 6.19. The van der Waals surface area contributed by atoms with E-state index in [0.717, 1.165) is 25.1 Å². The van der Waals surface area contributed by atoms with Crippen molar-refractivity contribution in [2.45, 2.75) is 18.6 Å². The number of aliphatic hydroxyl groups is 1. The maximum Gasteiger partial charge on any atom is 0.102 e. The number of likely N-dealkylation sites (N-methyl/N-ethyl adjacent to an activating group) is 1. The van der Waals surface area contributed by atoms with Crippen LogP contribution in [0.3, 0.4) is 0 Å². The first kappa shape index (κ1) is 13.1. The third-order valence-corrected chi connectivity index (χ3v) is 4.60. The normalized spacial score (nSPS) is 22.1. The van der Waals surface area contributed by atoms with E-state index >= 15 is 0 Å². The molecule has 0 radical (unpaired) electrons. The van der Waals surface area contributed by atoms with Crippen LogP contribution in [-0.2, 0) is 4.74 Å². The van der Waals surface area contributed by atoms with Crippen LogP contribution in [0.4, 0.5) is 0 Å². The first-order chi connectivity index (χ1) is 9.22. The average Bonchev–Trinajstić information content (AvgIpc) is 3.03. The standard InChI is InChI=1S/C15H19NO2S/c1-16-6-4-13(9-16)18-10-14(17)11-2-3-15-12(8-11)5-7-19-15/h2-3,5,7-8,13-14,17H,4,6,9-10H2,1H3. The van der Waals surface area contributed by atoms with Crippen molar-refractivity contribution in [3.8, 4) is 0 Å². The summed E-state index contributed by atoms with van der Waals surface area (Å²) in [6.45, 7) is 2.44. The fraction of sp³-hybridized carbons (Fsp3) is 0.467. The van der Waals surface area contributed by atoms with Crippen molar-refractivity contribution < 1.29 is 9.84 Å². The number of rotatable bonds is 4. The number of fused-ring (bicyclic) bond motifs is 1. The number of likely N-dealkylation sites (tertiary alicyclic amines) is 1. The number of hydrogen-bond acceptors (Lipinski definition) is 4. The summed E-state index contributed by atoms with van der Waals surface area (Å²) >= 11 is 1.72. The average molecular weight is 277 g/mol. The SMILES string of the molecule is CN1CCC(OCC(O)c2ccc3sccc3c2)C1. The summed E-state index contributed by atoms with van der Waals surface area (Å²) in [5.74, 6) is 0. The minimum atomic E-state index is -0.532. The van der Waals surface area contributed by atoms with Crippen LogP contribution in [0.15, 0.2) is 29.6 Å². The molecule has 1 aromatic heterocycles. The quantitative estimate of drug-likeness (QED) is 0.932. The third-order valence-electron chi connectivity index (χ3n) is 3.70. The van der Waals surface area contributed by atoms with Crippen LogP contribution >= 0.6 is 11.3 Å². The monoisotopic (exact) mass is 277 g/mol. The molecule has 0 spiro atoms. The van der Waals surface area contributed by atoms with E-state index in [2.05, 4.69) is 35.5 Å². The second-order valence-electron chi connectivity index (χ2n) is 5.24. The Morgan fingerprint density at radius 2 is 2.37 bits per heavy atom. The molecule has 0 bridgehead atoms. The predicted octanol–water partition coefficient (Wildman–Crippen LogP) is 2.66. The highest BCUT2D eigenvalue weighted by Gasteiger charge is 2.21. The molecule has 0 saturated carbocycles. The molecule has 1 N–H and O–H groups in total. The van der Waals surface area contributed by atoms with E-state index < -0.39 is 6.10 Å². The fourth-order valence-corrected chi connectivity index (χ4v) is 3.32. The van der Waals surface area contributed by atoms with Gasteiger partial charge in [-0.3, -0.25) is 0 Å². The van der Waals surface area contributed by atoms with E-state index in [4.69, 9.17) is 4.74 Å². The molecule has 2 atom stereocenters. The Kier molecular flexibility index (Phi) is 3.84. The Hall–Kier alpha value is -0.940. The Labute approximate surface area is 117 Å². The van der Waals surface area contributed by atoms with Gasteiger partial charge in [0.25, 0.3) is 0 Å². The zero-order valence-electron chi connectivity index (χ0n) is 11.1. The summed E-state index contributed by atoms with van der Waals surface area (Å²) in [6.07, 6.45) is 0.798. The Bertz CT molecular complexity index is 554. The minimum absolute atomic E-state index is 0.268. The summed E-state index contributed by atoms with van der Waals surface area (Å²) in [7, 11) is 2.10. The molecule has 2 aromatic rings. The summed E-state index contributed by atoms with van der Waals surface area (Å²) in [6, 6.07) is 8.21. The maximum atomic E-state index is 10.2. The van der Waals surface area contributed by atoms with Crippen molar-refractivity contribution in [2.24, 2.45) is 0 Å². The highest BCUT2D eigenvalue weighted by molar-refractivity contribution is 7.17. The van der Waals surface area contributed by atoms with Gasteiger partial charge in [-0.25, -0.2) is 0 Å². The summed E-state index contributed by atoms with van der Waals surface area (Å²) in [5, 5.41) is 13.5. The Morgan fingerprint density at radius 1 is 1.47 bits per heavy atom. The molecule has 0 amide bonds. The van der Waals surface area contributed by atoms with Gasteiger partial charge in [0.2, 0.25) is 0 Å². The number of nitrogens with zero attached hydrogens (tertiary/aromatic N) is 1. The molecule has 2 heterocycles. The highest BCUT2D eigenvalue weighted by Crippen LogP contribution is 2.25. The molecule has 2 unspecified atom stereocenters. The minimum Gasteiger partial charge on any atom is -0.386 e. The van der Waals surface area contributed by atoms with E-state index in [1.165, 1.54) is 10.1 Å². The van der Waals surface area contributed by atoms with Crippen molar-refractivity contribution in [3.05, 3.63) is 35.2 Å². The number of ether oxygens (including phenoxy) is 1. The van der Waals surface area contributed by atoms with Gasteiger partial charge in [0.1, 0.15) is 6.10 Å². The lowest BCUT2D eigenvalue weighted by atomic mass is 10.1. The van der Waals surface area contributed by atoms with Gasteiger partial charge in [-0.15, -0.1) is 11.3 Å². The molecule has 19 heavy (non-hydrogen) atoms. The van der Waals surface area contributed by atoms with Gasteiger partial charge >= 0.3 is 0 Å². The van der Waals surface area contributed by atoms with Crippen LogP contribution in [0.2, 0.25) is 0 Å². The third kappa shape index (κ3) is 2.98. The molecule has 1 aliphatic rings. The van der Waals surface area contributed by atoms with E-state index in [1.54, 1.807) is 11.3 Å². The van der Waals surface area contributed by atoms with Crippen LogP contribution in [0.1, 0.15) is 18.1 Å². The van der Waals surface area contributed by atoms with Gasteiger partial charge in [-0.2, -0.15) is 0 Å². The smallest absolute Gasteiger partial charge is 0.102 e. The fourth-order valence-electron chi connectivity index (χ4n) is 2.55. The number of aliphatic hydroxyl groups excluding tert-OH is 1. The van der Waals surface area contributed by atoms with E-state index in [-0.39, 0.29) is 6.10 Å². The molecule has 1 saturated heterocycles. The summed E-state index contributed by atoms with van der Waals surface area (Å²) < 4.78 is 7.05. The Balaban J connectivity index is 1.61. The molecule has 4 heteroatoms. The van der Waals surface area contributed by atoms with Crippen molar-refractivity contribution in [1.29, 1.82) is 0 Å². The van der Waals surface area contributed by atoms with Crippen LogP contribution in [0.25, 0.3) is 10.1 Å². The van der Waals surface area contributed by atoms with Gasteiger partial charge in [-0.05, 0) is 48.0 Å². The van der Waals surface area contributed by atoms with Gasteiger partial charge < -0.3 is 14.7 Å². The van der Waals surface area contributed by atoms with Crippen LogP contribution in [-0.4, -0.2) is 42.9 Å². The Morgan fingerprint density at radius 3 is 3.16 bits per heavy atom. The largest absolute Gasteiger partial charge is 0.386 e. The number of benzene rings is 1. The lowest BCUT2D eigenvalue weighted by Crippen LogP contribution is -2.21. The van der Waals surface area contributed by atoms with Gasteiger partial charge in [0.15, 0.2) is 0 Å². The zero-order valence-corrected chi connectivity index (χ0v) is 11.9. The van der Waals surface area contributed by atoms with E-state index in [1.807, 2.05) is 6.07 Å². The van der Waals surface area contributed by atoms with Gasteiger partial charge in [0.05, 0.1) is 12.7 Å². The van der Waals surface area contributed by atoms with E-state index in [9.17, 15) is 5.11 Å². The molecule has 1 fully saturated rings. The summed E-state index contributed by atoms with van der Waals surface area (Å²) in [4.78, 5) is 2.26. The molecular weight excluding hydrogens is 258 g/mol. The summed E-state index contributed by atoms with van der Waals surface area (Å²) in [5.41, 5.74) is 0.942. The molecule has 1 aromatic carbocycles. The maximum absolute atomic E-state index is 10.2. The van der Waals surface area contributed by atoms with Gasteiger partial charge in [-0.1, -0.05) is 6.07 Å². The number of thiophene rings is 1. The molecule has 1 aliphatic heterocycles. The highest BCUT2D eigenvalue weighted by atomic mass is 32.1. The van der Waals surface area contributed by atoms with E-state index in [0.29, 0.717) is 6.61 Å². The van der Waals surface area contributed by atoms with Crippen LogP contribution in [0.5, 0.6) is 0 Å². The van der Waals surface area contributed by atoms with Crippen LogP contribution < -0.4 is 0 Å². The molecule has 0 aliphatic carbocycles. The molecule has 3 nitrogen and oxygen atoms in total. The van der Waals surface area contributed by atoms with Gasteiger partial charge in [0, 0.05) is 17.8 Å². The zero-order chi connectivity index (χ0) is 13.2. The predicted molar refractivity (Wildman–Crippen MR) is 78.6 cm³/mol. The lowest BCUT2D eigenvalue weighted by molar-refractivity contribution is -0.00486. The first-order valence-electron chi connectivity index (χ1n) is 6.68. The van der Waals surface area contributed by atoms with Crippen molar-refractivity contribution in [1.82, 2.24) is 4.90 Å². The topological polar surface area (TPSA) is 32.7 Å². The van der Waals surface area contributed by atoms with Crippen molar-refractivity contribution in [2.75, 3.05) is 26.7 Å². The van der Waals surface area contributed by atoms with Crippen molar-refractivity contribution >= 4 is 21.4 Å². The second kappa shape index (κ2) is 5.59. The first-order valence-corrected chi connectivity index (χ1v) is 7.56. The molecule has 3 rings (SSSR count). The lowest BCUT2D eigenvalue weighted by Gasteiger charge is -2.16. The molecular formula is C15H19NO2S. The van der Waals surface area contributed by atoms with Crippen molar-refractivity contribution in [3.63, 3.8) is 0 Å². The van der Waals surface area contributed by atoms with Crippen LogP contribution in [0, 0.1) is 0 Å². The molecule has 102 valence electrons. The number of hydrogen-bond donors (Lipinski definition) is 1.